The fourth-order valence-corrected chi connectivity index (χ4v) is 4.43. The smallest absolute Gasteiger partial charge is 0.345 e. The molecule has 3 aromatic carbocycles. The summed E-state index contributed by atoms with van der Waals surface area (Å²) in [4.78, 5) is 24.8. The molecule has 29 heavy (non-hydrogen) atoms. The number of hydrogen-bond donors (Lipinski definition) is 2. The number of anilines is 1. The SMILES string of the molecule is O=C(Oc1ccc2ccccc2c1)c1cccc2c1N[C@@H](C(=O)O)[C@@H]1CC=C[C@@H]21. The molecule has 144 valence electrons. The lowest BCUT2D eigenvalue weighted by Crippen LogP contribution is -2.42. The number of carbonyl (C=O) groups is 2. The van der Waals surface area contributed by atoms with Crippen molar-refractivity contribution in [2.75, 3.05) is 5.32 Å². The number of carboxylic acids is 1. The van der Waals surface area contributed by atoms with Crippen molar-refractivity contribution < 1.29 is 19.4 Å². The average Bonchev–Trinajstić information content (AvgIpc) is 3.22. The fourth-order valence-electron chi connectivity index (χ4n) is 4.43. The largest absolute Gasteiger partial charge is 0.480 e. The number of fused-ring (bicyclic) bond motifs is 4. The normalized spacial score (nSPS) is 21.9. The van der Waals surface area contributed by atoms with Crippen LogP contribution < -0.4 is 10.1 Å². The summed E-state index contributed by atoms with van der Waals surface area (Å²) in [6.07, 6.45) is 4.76. The number of rotatable bonds is 3. The molecule has 0 aromatic heterocycles. The highest BCUT2D eigenvalue weighted by Gasteiger charge is 2.42. The van der Waals surface area contributed by atoms with E-state index in [1.165, 1.54) is 0 Å². The first-order valence-electron chi connectivity index (χ1n) is 9.62. The highest BCUT2D eigenvalue weighted by molar-refractivity contribution is 5.99. The van der Waals surface area contributed by atoms with Gasteiger partial charge in [0.2, 0.25) is 0 Å². The van der Waals surface area contributed by atoms with E-state index < -0.39 is 18.0 Å². The summed E-state index contributed by atoms with van der Waals surface area (Å²) in [6.45, 7) is 0. The van der Waals surface area contributed by atoms with E-state index in [-0.39, 0.29) is 11.8 Å². The van der Waals surface area contributed by atoms with Crippen LogP contribution in [-0.4, -0.2) is 23.1 Å². The van der Waals surface area contributed by atoms with Gasteiger partial charge < -0.3 is 15.2 Å². The average molecular weight is 385 g/mol. The quantitative estimate of drug-likeness (QED) is 0.392. The molecule has 5 heteroatoms. The van der Waals surface area contributed by atoms with E-state index in [1.54, 1.807) is 12.1 Å². The molecule has 0 amide bonds. The standard InChI is InChI=1S/C24H19NO4/c26-23(27)22-19-9-3-7-17(19)18-8-4-10-20(21(18)25-22)24(28)29-16-12-11-14-5-1-2-6-15(14)13-16/h1-8,10-13,17,19,22,25H,9H2,(H,26,27)/t17-,19+,22+/m0/s1. The molecule has 2 N–H and O–H groups in total. The van der Waals surface area contributed by atoms with Crippen molar-refractivity contribution in [3.8, 4) is 5.75 Å². The summed E-state index contributed by atoms with van der Waals surface area (Å²) in [5, 5.41) is 14.8. The molecular formula is C24H19NO4. The van der Waals surface area contributed by atoms with E-state index in [1.807, 2.05) is 60.7 Å². The Hall–Kier alpha value is -3.60. The molecule has 0 saturated carbocycles. The van der Waals surface area contributed by atoms with Gasteiger partial charge in [0.25, 0.3) is 0 Å². The van der Waals surface area contributed by atoms with Crippen molar-refractivity contribution in [3.63, 3.8) is 0 Å². The summed E-state index contributed by atoms with van der Waals surface area (Å²) in [5.41, 5.74) is 1.84. The number of aliphatic carboxylic acids is 1. The Balaban J connectivity index is 1.50. The molecule has 0 fully saturated rings. The van der Waals surface area contributed by atoms with Gasteiger partial charge in [-0.2, -0.15) is 0 Å². The van der Waals surface area contributed by atoms with E-state index in [2.05, 4.69) is 5.32 Å². The van der Waals surface area contributed by atoms with Gasteiger partial charge in [-0.25, -0.2) is 9.59 Å². The minimum absolute atomic E-state index is 0.0132. The van der Waals surface area contributed by atoms with Crippen LogP contribution in [0.5, 0.6) is 5.75 Å². The Morgan fingerprint density at radius 1 is 1.00 bits per heavy atom. The molecule has 0 saturated heterocycles. The molecule has 0 unspecified atom stereocenters. The number of carboxylic acid groups (broad SMARTS) is 1. The first kappa shape index (κ1) is 17.5. The molecule has 0 radical (unpaired) electrons. The lowest BCUT2D eigenvalue weighted by molar-refractivity contribution is -0.139. The fraction of sp³-hybridized carbons (Fsp3) is 0.167. The Morgan fingerprint density at radius 3 is 2.66 bits per heavy atom. The van der Waals surface area contributed by atoms with Crippen LogP contribution in [0.15, 0.2) is 72.8 Å². The van der Waals surface area contributed by atoms with Gasteiger partial charge in [-0.15, -0.1) is 0 Å². The number of carbonyl (C=O) groups excluding carboxylic acids is 1. The van der Waals surface area contributed by atoms with E-state index in [9.17, 15) is 14.7 Å². The Morgan fingerprint density at radius 2 is 1.83 bits per heavy atom. The van der Waals surface area contributed by atoms with Crippen LogP contribution in [0, 0.1) is 5.92 Å². The van der Waals surface area contributed by atoms with Crippen LogP contribution in [-0.2, 0) is 4.79 Å². The molecule has 0 bridgehead atoms. The molecular weight excluding hydrogens is 366 g/mol. The minimum Gasteiger partial charge on any atom is -0.480 e. The van der Waals surface area contributed by atoms with Crippen LogP contribution in [0.3, 0.4) is 0 Å². The maximum Gasteiger partial charge on any atom is 0.345 e. The lowest BCUT2D eigenvalue weighted by Gasteiger charge is -2.35. The molecule has 2 aliphatic rings. The zero-order valence-electron chi connectivity index (χ0n) is 15.5. The van der Waals surface area contributed by atoms with E-state index in [0.29, 0.717) is 23.4 Å². The second-order valence-corrected chi connectivity index (χ2v) is 7.48. The summed E-state index contributed by atoms with van der Waals surface area (Å²) >= 11 is 0. The highest BCUT2D eigenvalue weighted by atomic mass is 16.5. The molecule has 1 aliphatic heterocycles. The van der Waals surface area contributed by atoms with Crippen molar-refractivity contribution >= 4 is 28.4 Å². The summed E-state index contributed by atoms with van der Waals surface area (Å²) in [5.74, 6) is -1.02. The van der Waals surface area contributed by atoms with Gasteiger partial charge in [0.05, 0.1) is 11.3 Å². The molecule has 1 heterocycles. The highest BCUT2D eigenvalue weighted by Crippen LogP contribution is 2.45. The zero-order valence-corrected chi connectivity index (χ0v) is 15.5. The first-order chi connectivity index (χ1) is 14.1. The van der Waals surface area contributed by atoms with Gasteiger partial charge >= 0.3 is 11.9 Å². The summed E-state index contributed by atoms with van der Waals surface area (Å²) in [7, 11) is 0. The summed E-state index contributed by atoms with van der Waals surface area (Å²) in [6, 6.07) is 18.0. The number of allylic oxidation sites excluding steroid dienone is 2. The number of esters is 1. The third kappa shape index (κ3) is 2.95. The maximum atomic E-state index is 13.0. The van der Waals surface area contributed by atoms with Crippen molar-refractivity contribution in [3.05, 3.63) is 83.9 Å². The molecule has 1 aliphatic carbocycles. The minimum atomic E-state index is -0.910. The monoisotopic (exact) mass is 385 g/mol. The number of para-hydroxylation sites is 1. The second kappa shape index (κ2) is 6.78. The van der Waals surface area contributed by atoms with Crippen LogP contribution in [0.25, 0.3) is 10.8 Å². The number of benzene rings is 3. The Bertz CT molecular complexity index is 1170. The Kier molecular flexibility index (Phi) is 4.09. The van der Waals surface area contributed by atoms with Crippen LogP contribution in [0.2, 0.25) is 0 Å². The number of nitrogens with one attached hydrogen (secondary N) is 1. The van der Waals surface area contributed by atoms with Crippen molar-refractivity contribution in [2.24, 2.45) is 5.92 Å². The third-order valence-electron chi connectivity index (χ3n) is 5.81. The van der Waals surface area contributed by atoms with Gasteiger partial charge in [-0.1, -0.05) is 54.6 Å². The predicted octanol–water partition coefficient (Wildman–Crippen LogP) is 4.60. The van der Waals surface area contributed by atoms with E-state index in [4.69, 9.17) is 4.74 Å². The first-order valence-corrected chi connectivity index (χ1v) is 9.62. The second-order valence-electron chi connectivity index (χ2n) is 7.48. The lowest BCUT2D eigenvalue weighted by atomic mass is 9.78. The molecule has 0 spiro atoms. The van der Waals surface area contributed by atoms with Gasteiger partial charge in [0.15, 0.2) is 0 Å². The van der Waals surface area contributed by atoms with Crippen molar-refractivity contribution in [1.82, 2.24) is 0 Å². The number of ether oxygens (including phenoxy) is 1. The van der Waals surface area contributed by atoms with Crippen molar-refractivity contribution in [1.29, 1.82) is 0 Å². The van der Waals surface area contributed by atoms with E-state index >= 15 is 0 Å². The van der Waals surface area contributed by atoms with E-state index in [0.717, 1.165) is 16.3 Å². The van der Waals surface area contributed by atoms with Crippen molar-refractivity contribution in [2.45, 2.75) is 18.4 Å². The molecule has 5 nitrogen and oxygen atoms in total. The molecule has 5 rings (SSSR count). The van der Waals surface area contributed by atoms with Crippen LogP contribution in [0.4, 0.5) is 5.69 Å². The van der Waals surface area contributed by atoms with Gasteiger partial charge in [0.1, 0.15) is 11.8 Å². The van der Waals surface area contributed by atoms with Crippen LogP contribution in [0.1, 0.15) is 28.3 Å². The van der Waals surface area contributed by atoms with Gasteiger partial charge in [-0.05, 0) is 41.0 Å². The molecule has 3 atom stereocenters. The summed E-state index contributed by atoms with van der Waals surface area (Å²) < 4.78 is 5.64. The third-order valence-corrected chi connectivity index (χ3v) is 5.81. The zero-order chi connectivity index (χ0) is 20.0. The van der Waals surface area contributed by atoms with Gasteiger partial charge in [-0.3, -0.25) is 0 Å². The molecule has 3 aromatic rings. The topological polar surface area (TPSA) is 75.6 Å². The maximum absolute atomic E-state index is 13.0. The predicted molar refractivity (Wildman–Crippen MR) is 110 cm³/mol. The number of hydrogen-bond acceptors (Lipinski definition) is 4. The Labute approximate surface area is 167 Å². The van der Waals surface area contributed by atoms with Crippen LogP contribution >= 0.6 is 0 Å². The van der Waals surface area contributed by atoms with Gasteiger partial charge in [0, 0.05) is 11.8 Å².